The van der Waals surface area contributed by atoms with E-state index in [2.05, 4.69) is 5.32 Å². The van der Waals surface area contributed by atoms with Gasteiger partial charge in [0.2, 0.25) is 0 Å². The first kappa shape index (κ1) is 23.1. The largest absolute Gasteiger partial charge is 0.394 e. The van der Waals surface area contributed by atoms with Gasteiger partial charge in [-0.2, -0.15) is 0 Å². The number of hydrogen-bond acceptors (Lipinski definition) is 6. The molecule has 3 unspecified atom stereocenters. The molecule has 24 heavy (non-hydrogen) atoms. The van der Waals surface area contributed by atoms with Crippen molar-refractivity contribution in [2.24, 2.45) is 0 Å². The molecule has 0 saturated carbocycles. The smallest absolute Gasteiger partial charge is 0.116 e. The van der Waals surface area contributed by atoms with Crippen LogP contribution in [0.3, 0.4) is 0 Å². The highest BCUT2D eigenvalue weighted by molar-refractivity contribution is 7.99. The standard InChI is InChI=1S/C16H27NO3S.C2H4O/c1-12-3-8-15(9-4-12)21-16(20)10-6-13(17-2)5-7-14(19)11-18;1-2-3/h3-4,8-9,13-14,16-20H,5-7,10-11H2,1-2H3;2H,1H3. The second-order valence-electron chi connectivity index (χ2n) is 5.60. The lowest BCUT2D eigenvalue weighted by atomic mass is 10.0. The molecule has 0 saturated heterocycles. The van der Waals surface area contributed by atoms with Gasteiger partial charge in [-0.1, -0.05) is 29.5 Å². The molecular formula is C18H31NO4S. The summed E-state index contributed by atoms with van der Waals surface area (Å²) in [7, 11) is 1.88. The highest BCUT2D eigenvalue weighted by Gasteiger charge is 2.13. The Hall–Kier alpha value is -0.920. The number of thioether (sulfide) groups is 1. The summed E-state index contributed by atoms with van der Waals surface area (Å²) in [5, 5.41) is 31.5. The Morgan fingerprint density at radius 2 is 1.67 bits per heavy atom. The fourth-order valence-corrected chi connectivity index (χ4v) is 2.96. The molecule has 1 rings (SSSR count). The van der Waals surface area contributed by atoms with Gasteiger partial charge >= 0.3 is 0 Å². The third-order valence-electron chi connectivity index (χ3n) is 3.52. The van der Waals surface area contributed by atoms with Crippen LogP contribution < -0.4 is 5.32 Å². The first-order valence-electron chi connectivity index (χ1n) is 8.24. The minimum atomic E-state index is -0.646. The van der Waals surface area contributed by atoms with E-state index in [1.807, 2.05) is 38.2 Å². The van der Waals surface area contributed by atoms with Gasteiger partial charge in [0.05, 0.1) is 12.7 Å². The molecule has 4 N–H and O–H groups in total. The highest BCUT2D eigenvalue weighted by Crippen LogP contribution is 2.25. The maximum absolute atomic E-state index is 10.1. The molecular weight excluding hydrogens is 326 g/mol. The number of aryl methyl sites for hydroxylation is 1. The van der Waals surface area contributed by atoms with Crippen LogP contribution in [-0.2, 0) is 4.79 Å². The molecule has 0 aromatic heterocycles. The number of benzene rings is 1. The van der Waals surface area contributed by atoms with Crippen molar-refractivity contribution in [1.29, 1.82) is 0 Å². The maximum atomic E-state index is 10.1. The Balaban J connectivity index is 0.00000163. The van der Waals surface area contributed by atoms with Crippen molar-refractivity contribution in [3.8, 4) is 0 Å². The second kappa shape index (κ2) is 14.4. The van der Waals surface area contributed by atoms with Gasteiger partial charge < -0.3 is 25.4 Å². The average molecular weight is 358 g/mol. The molecule has 1 aromatic rings. The Morgan fingerprint density at radius 3 is 2.17 bits per heavy atom. The number of aliphatic hydroxyl groups is 3. The Labute approximate surface area is 149 Å². The summed E-state index contributed by atoms with van der Waals surface area (Å²) in [4.78, 5) is 9.88. The van der Waals surface area contributed by atoms with Crippen molar-refractivity contribution in [3.63, 3.8) is 0 Å². The first-order valence-corrected chi connectivity index (χ1v) is 9.12. The van der Waals surface area contributed by atoms with E-state index in [1.165, 1.54) is 24.2 Å². The van der Waals surface area contributed by atoms with E-state index in [9.17, 15) is 10.2 Å². The minimum absolute atomic E-state index is 0.192. The molecule has 0 radical (unpaired) electrons. The van der Waals surface area contributed by atoms with Gasteiger partial charge in [-0.25, -0.2) is 0 Å². The van der Waals surface area contributed by atoms with E-state index in [4.69, 9.17) is 9.90 Å². The van der Waals surface area contributed by atoms with E-state index < -0.39 is 11.5 Å². The zero-order valence-electron chi connectivity index (χ0n) is 14.8. The molecule has 0 aliphatic heterocycles. The second-order valence-corrected chi connectivity index (χ2v) is 6.85. The summed E-state index contributed by atoms with van der Waals surface area (Å²) in [6.45, 7) is 3.30. The number of rotatable bonds is 10. The third kappa shape index (κ3) is 11.6. The van der Waals surface area contributed by atoms with Crippen molar-refractivity contribution in [2.75, 3.05) is 13.7 Å². The summed E-state index contributed by atoms with van der Waals surface area (Å²) in [5.41, 5.74) is 0.790. The maximum Gasteiger partial charge on any atom is 0.116 e. The SMILES string of the molecule is CC=O.CNC(CCC(O)CO)CCC(O)Sc1ccc(C)cc1. The molecule has 138 valence electrons. The van der Waals surface area contributed by atoms with Crippen LogP contribution in [-0.4, -0.2) is 52.8 Å². The van der Waals surface area contributed by atoms with Crippen molar-refractivity contribution in [3.05, 3.63) is 29.8 Å². The highest BCUT2D eigenvalue weighted by atomic mass is 32.2. The van der Waals surface area contributed by atoms with E-state index in [-0.39, 0.29) is 12.6 Å². The minimum Gasteiger partial charge on any atom is -0.394 e. The molecule has 6 heteroatoms. The zero-order chi connectivity index (χ0) is 18.4. The fraction of sp³-hybridized carbons (Fsp3) is 0.611. The molecule has 1 aromatic carbocycles. The predicted octanol–water partition coefficient (Wildman–Crippen LogP) is 2.11. The average Bonchev–Trinajstić information content (AvgIpc) is 2.57. The Morgan fingerprint density at radius 1 is 1.12 bits per heavy atom. The lowest BCUT2D eigenvalue weighted by molar-refractivity contribution is -0.106. The van der Waals surface area contributed by atoms with Gasteiger partial charge in [0.1, 0.15) is 11.7 Å². The number of aldehydes is 1. The zero-order valence-corrected chi connectivity index (χ0v) is 15.6. The van der Waals surface area contributed by atoms with Crippen molar-refractivity contribution in [1.82, 2.24) is 5.32 Å². The number of carbonyl (C=O) groups is 1. The number of hydrogen-bond donors (Lipinski definition) is 4. The van der Waals surface area contributed by atoms with Crippen LogP contribution in [0.2, 0.25) is 0 Å². The molecule has 0 heterocycles. The fourth-order valence-electron chi connectivity index (χ4n) is 2.09. The topological polar surface area (TPSA) is 89.8 Å². The number of nitrogens with one attached hydrogen (secondary N) is 1. The van der Waals surface area contributed by atoms with E-state index in [0.29, 0.717) is 12.8 Å². The summed E-state index contributed by atoms with van der Waals surface area (Å²) < 4.78 is 0. The first-order chi connectivity index (χ1) is 11.5. The third-order valence-corrected chi connectivity index (χ3v) is 4.57. The molecule has 3 atom stereocenters. The predicted molar refractivity (Wildman–Crippen MR) is 99.2 cm³/mol. The Kier molecular flexibility index (Phi) is 13.9. The van der Waals surface area contributed by atoms with Crippen LogP contribution in [0.5, 0.6) is 0 Å². The van der Waals surface area contributed by atoms with Gasteiger partial charge in [-0.3, -0.25) is 0 Å². The van der Waals surface area contributed by atoms with E-state index >= 15 is 0 Å². The normalized spacial score (nSPS) is 14.2. The van der Waals surface area contributed by atoms with Crippen LogP contribution in [0, 0.1) is 6.92 Å². The van der Waals surface area contributed by atoms with E-state index in [1.54, 1.807) is 0 Å². The van der Waals surface area contributed by atoms with Crippen molar-refractivity contribution in [2.45, 2.75) is 62.0 Å². The van der Waals surface area contributed by atoms with E-state index in [0.717, 1.165) is 24.0 Å². The molecule has 5 nitrogen and oxygen atoms in total. The van der Waals surface area contributed by atoms with Gasteiger partial charge in [0, 0.05) is 10.9 Å². The van der Waals surface area contributed by atoms with Crippen LogP contribution in [0.25, 0.3) is 0 Å². The van der Waals surface area contributed by atoms with Crippen LogP contribution in [0.4, 0.5) is 0 Å². The van der Waals surface area contributed by atoms with Gasteiger partial charge in [-0.05, 0) is 58.7 Å². The summed E-state index contributed by atoms with van der Waals surface area (Å²) >= 11 is 1.47. The molecule has 0 aliphatic carbocycles. The van der Waals surface area contributed by atoms with Crippen LogP contribution >= 0.6 is 11.8 Å². The molecule has 0 aliphatic rings. The number of aliphatic hydroxyl groups excluding tert-OH is 3. The van der Waals surface area contributed by atoms with Gasteiger partial charge in [0.15, 0.2) is 0 Å². The summed E-state index contributed by atoms with van der Waals surface area (Å²) in [5.74, 6) is 0. The molecule has 0 spiro atoms. The number of carbonyl (C=O) groups excluding carboxylic acids is 1. The molecule has 0 amide bonds. The summed E-state index contributed by atoms with van der Waals surface area (Å²) in [6.07, 6.45) is 3.00. The van der Waals surface area contributed by atoms with Crippen molar-refractivity contribution < 1.29 is 20.1 Å². The van der Waals surface area contributed by atoms with Gasteiger partial charge in [0.25, 0.3) is 0 Å². The quantitative estimate of drug-likeness (QED) is 0.291. The van der Waals surface area contributed by atoms with Crippen LogP contribution in [0.1, 0.15) is 38.2 Å². The van der Waals surface area contributed by atoms with Crippen molar-refractivity contribution >= 4 is 18.0 Å². The summed E-state index contributed by atoms with van der Waals surface area (Å²) in [6, 6.07) is 8.38. The monoisotopic (exact) mass is 357 g/mol. The van der Waals surface area contributed by atoms with Gasteiger partial charge in [-0.15, -0.1) is 0 Å². The lowest BCUT2D eigenvalue weighted by Crippen LogP contribution is -2.28. The lowest BCUT2D eigenvalue weighted by Gasteiger charge is -2.19. The molecule has 0 bridgehead atoms. The Bertz CT molecular complexity index is 428. The van der Waals surface area contributed by atoms with Crippen LogP contribution in [0.15, 0.2) is 29.2 Å². The molecule has 0 fully saturated rings.